The van der Waals surface area contributed by atoms with Gasteiger partial charge in [0.2, 0.25) is 5.91 Å². The zero-order valence-corrected chi connectivity index (χ0v) is 13.2. The second kappa shape index (κ2) is 9.19. The summed E-state index contributed by atoms with van der Waals surface area (Å²) < 4.78 is 5.06. The van der Waals surface area contributed by atoms with Crippen LogP contribution in [0, 0.1) is 0 Å². The van der Waals surface area contributed by atoms with Crippen molar-refractivity contribution in [3.8, 4) is 5.75 Å². The van der Waals surface area contributed by atoms with Gasteiger partial charge in [-0.1, -0.05) is 42.5 Å². The molecule has 2 aromatic rings. The number of benzene rings is 2. The standard InChI is InChI=1S/C18H20N2O4/c21-16-10-5-4-9-15(16)20-17(22)11-6-12-19-18(23)24-13-14-7-2-1-3-8-14/h1-5,7-10,21H,6,11-13H2,(H,19,23)(H,20,22). The predicted molar refractivity (Wildman–Crippen MR) is 90.6 cm³/mol. The first-order valence-electron chi connectivity index (χ1n) is 7.67. The van der Waals surface area contributed by atoms with Gasteiger partial charge in [-0.05, 0) is 24.1 Å². The van der Waals surface area contributed by atoms with Crippen molar-refractivity contribution in [3.05, 3.63) is 60.2 Å². The van der Waals surface area contributed by atoms with E-state index in [1.54, 1.807) is 18.2 Å². The molecule has 0 aliphatic rings. The van der Waals surface area contributed by atoms with Crippen LogP contribution in [0.4, 0.5) is 10.5 Å². The first kappa shape index (κ1) is 17.3. The number of hydrogen-bond acceptors (Lipinski definition) is 4. The van der Waals surface area contributed by atoms with Gasteiger partial charge in [0, 0.05) is 13.0 Å². The summed E-state index contributed by atoms with van der Waals surface area (Å²) in [4.78, 5) is 23.3. The zero-order valence-electron chi connectivity index (χ0n) is 13.2. The molecule has 2 amide bonds. The molecule has 0 unspecified atom stereocenters. The maximum Gasteiger partial charge on any atom is 0.407 e. The minimum atomic E-state index is -0.514. The Labute approximate surface area is 140 Å². The normalized spacial score (nSPS) is 10.0. The third-order valence-electron chi connectivity index (χ3n) is 3.24. The van der Waals surface area contributed by atoms with Crippen LogP contribution >= 0.6 is 0 Å². The average molecular weight is 328 g/mol. The number of carbonyl (C=O) groups excluding carboxylic acids is 2. The van der Waals surface area contributed by atoms with Crippen molar-refractivity contribution in [2.45, 2.75) is 19.4 Å². The van der Waals surface area contributed by atoms with Gasteiger partial charge >= 0.3 is 6.09 Å². The van der Waals surface area contributed by atoms with Crippen LogP contribution in [0.2, 0.25) is 0 Å². The summed E-state index contributed by atoms with van der Waals surface area (Å²) in [6.45, 7) is 0.544. The Balaban J connectivity index is 1.59. The maximum atomic E-state index is 11.8. The van der Waals surface area contributed by atoms with Gasteiger partial charge in [-0.2, -0.15) is 0 Å². The van der Waals surface area contributed by atoms with E-state index in [4.69, 9.17) is 4.74 Å². The van der Waals surface area contributed by atoms with E-state index in [-0.39, 0.29) is 24.7 Å². The summed E-state index contributed by atoms with van der Waals surface area (Å²) in [5, 5.41) is 14.8. The van der Waals surface area contributed by atoms with Gasteiger partial charge in [-0.3, -0.25) is 4.79 Å². The van der Waals surface area contributed by atoms with Gasteiger partial charge in [0.15, 0.2) is 0 Å². The molecule has 2 rings (SSSR count). The molecule has 0 atom stereocenters. The van der Waals surface area contributed by atoms with E-state index < -0.39 is 6.09 Å². The van der Waals surface area contributed by atoms with E-state index in [9.17, 15) is 14.7 Å². The molecular weight excluding hydrogens is 308 g/mol. The number of para-hydroxylation sites is 2. The number of ether oxygens (including phenoxy) is 1. The molecule has 0 radical (unpaired) electrons. The summed E-state index contributed by atoms with van der Waals surface area (Å²) >= 11 is 0. The molecule has 6 nitrogen and oxygen atoms in total. The quantitative estimate of drug-likeness (QED) is 0.538. The molecule has 0 aliphatic carbocycles. The third-order valence-corrected chi connectivity index (χ3v) is 3.24. The van der Waals surface area contributed by atoms with E-state index in [0.29, 0.717) is 18.7 Å². The van der Waals surface area contributed by atoms with Gasteiger partial charge in [0.05, 0.1) is 5.69 Å². The predicted octanol–water partition coefficient (Wildman–Crippen LogP) is 3.04. The van der Waals surface area contributed by atoms with Crippen molar-refractivity contribution in [2.24, 2.45) is 0 Å². The van der Waals surface area contributed by atoms with E-state index in [1.807, 2.05) is 30.3 Å². The van der Waals surface area contributed by atoms with Crippen LogP contribution < -0.4 is 10.6 Å². The van der Waals surface area contributed by atoms with Crippen molar-refractivity contribution in [1.29, 1.82) is 0 Å². The van der Waals surface area contributed by atoms with E-state index in [0.717, 1.165) is 5.56 Å². The summed E-state index contributed by atoms with van der Waals surface area (Å²) in [5.74, 6) is -0.204. The van der Waals surface area contributed by atoms with Crippen LogP contribution in [0.5, 0.6) is 5.75 Å². The van der Waals surface area contributed by atoms with E-state index >= 15 is 0 Å². The maximum absolute atomic E-state index is 11.8. The number of amides is 2. The second-order valence-electron chi connectivity index (χ2n) is 5.16. The van der Waals surface area contributed by atoms with E-state index in [2.05, 4.69) is 10.6 Å². The molecule has 0 saturated carbocycles. The highest BCUT2D eigenvalue weighted by Gasteiger charge is 2.06. The van der Waals surface area contributed by atoms with Crippen molar-refractivity contribution < 1.29 is 19.4 Å². The molecule has 0 heterocycles. The molecule has 126 valence electrons. The van der Waals surface area contributed by atoms with Crippen molar-refractivity contribution in [1.82, 2.24) is 5.32 Å². The Hall–Kier alpha value is -3.02. The summed E-state index contributed by atoms with van der Waals surface area (Å²) in [6.07, 6.45) is 0.188. The Bertz CT molecular complexity index is 674. The highest BCUT2D eigenvalue weighted by atomic mass is 16.5. The SMILES string of the molecule is O=C(CCCNC(=O)OCc1ccccc1)Nc1ccccc1O. The number of hydrogen-bond donors (Lipinski definition) is 3. The minimum absolute atomic E-state index is 0.0217. The molecule has 0 spiro atoms. The fourth-order valence-corrected chi connectivity index (χ4v) is 2.01. The lowest BCUT2D eigenvalue weighted by Crippen LogP contribution is -2.26. The van der Waals surface area contributed by atoms with Crippen LogP contribution in [0.1, 0.15) is 18.4 Å². The summed E-state index contributed by atoms with van der Waals surface area (Å²) in [7, 11) is 0. The number of phenols is 1. The number of rotatable bonds is 7. The molecule has 0 saturated heterocycles. The third kappa shape index (κ3) is 6.00. The van der Waals surface area contributed by atoms with Gasteiger partial charge < -0.3 is 20.5 Å². The smallest absolute Gasteiger partial charge is 0.407 e. The first-order chi connectivity index (χ1) is 11.6. The van der Waals surface area contributed by atoms with E-state index in [1.165, 1.54) is 6.07 Å². The topological polar surface area (TPSA) is 87.7 Å². The highest BCUT2D eigenvalue weighted by molar-refractivity contribution is 5.92. The molecule has 6 heteroatoms. The van der Waals surface area contributed by atoms with Crippen LogP contribution in [-0.2, 0) is 16.1 Å². The van der Waals surface area contributed by atoms with Crippen LogP contribution in [0.15, 0.2) is 54.6 Å². The first-order valence-corrected chi connectivity index (χ1v) is 7.67. The molecular formula is C18H20N2O4. The van der Waals surface area contributed by atoms with Crippen molar-refractivity contribution >= 4 is 17.7 Å². The lowest BCUT2D eigenvalue weighted by Gasteiger charge is -2.08. The number of alkyl carbamates (subject to hydrolysis) is 1. The lowest BCUT2D eigenvalue weighted by molar-refractivity contribution is -0.116. The summed E-state index contributed by atoms with van der Waals surface area (Å²) in [6, 6.07) is 15.9. The lowest BCUT2D eigenvalue weighted by atomic mass is 10.2. The second-order valence-corrected chi connectivity index (χ2v) is 5.16. The molecule has 3 N–H and O–H groups in total. The Morgan fingerprint density at radius 1 is 1.00 bits per heavy atom. The van der Waals surface area contributed by atoms with Gasteiger partial charge in [-0.25, -0.2) is 4.79 Å². The van der Waals surface area contributed by atoms with Crippen LogP contribution in [0.25, 0.3) is 0 Å². The van der Waals surface area contributed by atoms with Gasteiger partial charge in [0.25, 0.3) is 0 Å². The largest absolute Gasteiger partial charge is 0.506 e. The number of carbonyl (C=O) groups is 2. The van der Waals surface area contributed by atoms with Gasteiger partial charge in [-0.15, -0.1) is 0 Å². The minimum Gasteiger partial charge on any atom is -0.506 e. The van der Waals surface area contributed by atoms with Crippen molar-refractivity contribution in [2.75, 3.05) is 11.9 Å². The number of anilines is 1. The fraction of sp³-hybridized carbons (Fsp3) is 0.222. The molecule has 0 bridgehead atoms. The molecule has 0 aliphatic heterocycles. The average Bonchev–Trinajstić information content (AvgIpc) is 2.60. The van der Waals surface area contributed by atoms with Gasteiger partial charge in [0.1, 0.15) is 12.4 Å². The number of aromatic hydroxyl groups is 1. The molecule has 0 aromatic heterocycles. The summed E-state index contributed by atoms with van der Waals surface area (Å²) in [5.41, 5.74) is 1.28. The highest BCUT2D eigenvalue weighted by Crippen LogP contribution is 2.21. The monoisotopic (exact) mass is 328 g/mol. The molecule has 2 aromatic carbocycles. The number of nitrogens with one attached hydrogen (secondary N) is 2. The fourth-order valence-electron chi connectivity index (χ4n) is 2.01. The molecule has 0 fully saturated rings. The molecule has 24 heavy (non-hydrogen) atoms. The number of phenolic OH excluding ortho intramolecular Hbond substituents is 1. The Morgan fingerprint density at radius 3 is 2.46 bits per heavy atom. The van der Waals surface area contributed by atoms with Crippen molar-refractivity contribution in [3.63, 3.8) is 0 Å². The Kier molecular flexibility index (Phi) is 6.64. The zero-order chi connectivity index (χ0) is 17.2. The Morgan fingerprint density at radius 2 is 1.71 bits per heavy atom. The van der Waals surface area contributed by atoms with Crippen LogP contribution in [0.3, 0.4) is 0 Å². The van der Waals surface area contributed by atoms with Crippen LogP contribution in [-0.4, -0.2) is 23.7 Å².